The minimum Gasteiger partial charge on any atom is -0.395 e. The molecular weight excluding hydrogens is 230 g/mol. The van der Waals surface area contributed by atoms with E-state index in [0.29, 0.717) is 6.42 Å². The molecule has 0 fully saturated rings. The molecule has 1 N–H and O–H groups in total. The Morgan fingerprint density at radius 1 is 1.46 bits per heavy atom. The van der Waals surface area contributed by atoms with Crippen molar-refractivity contribution in [3.63, 3.8) is 0 Å². The number of nitriles is 1. The maximum absolute atomic E-state index is 8.84. The van der Waals surface area contributed by atoms with Crippen molar-refractivity contribution >= 4 is 15.9 Å². The Labute approximate surface area is 85.9 Å². The molecule has 1 rings (SSSR count). The van der Waals surface area contributed by atoms with Gasteiger partial charge in [0, 0.05) is 4.47 Å². The third-order valence-corrected chi connectivity index (χ3v) is 2.60. The van der Waals surface area contributed by atoms with E-state index >= 15 is 0 Å². The van der Waals surface area contributed by atoms with Crippen molar-refractivity contribution in [1.29, 1.82) is 5.26 Å². The predicted octanol–water partition coefficient (Wildman–Crippen LogP) is 2.12. The number of nitrogens with zero attached hydrogens (tertiary/aromatic N) is 1. The summed E-state index contributed by atoms with van der Waals surface area (Å²) in [5.41, 5.74) is 1.06. The molecule has 0 radical (unpaired) electrons. The average molecular weight is 240 g/mol. The first-order valence-electron chi connectivity index (χ1n) is 4.01. The van der Waals surface area contributed by atoms with Gasteiger partial charge in [-0.05, 0) is 18.1 Å². The van der Waals surface area contributed by atoms with Gasteiger partial charge in [0.05, 0.1) is 18.6 Å². The van der Waals surface area contributed by atoms with Crippen LogP contribution in [0.4, 0.5) is 0 Å². The molecule has 0 saturated carbocycles. The fourth-order valence-corrected chi connectivity index (χ4v) is 1.53. The lowest BCUT2D eigenvalue weighted by Gasteiger charge is -2.06. The highest BCUT2D eigenvalue weighted by Gasteiger charge is 2.08. The Kier molecular flexibility index (Phi) is 3.94. The van der Waals surface area contributed by atoms with Crippen molar-refractivity contribution < 1.29 is 5.11 Å². The van der Waals surface area contributed by atoms with Crippen LogP contribution in [0.2, 0.25) is 0 Å². The van der Waals surface area contributed by atoms with Crippen LogP contribution in [0.5, 0.6) is 0 Å². The number of aliphatic hydroxyl groups excluding tert-OH is 1. The predicted molar refractivity (Wildman–Crippen MR) is 54.0 cm³/mol. The van der Waals surface area contributed by atoms with Crippen LogP contribution in [0, 0.1) is 17.2 Å². The zero-order chi connectivity index (χ0) is 9.68. The van der Waals surface area contributed by atoms with Crippen LogP contribution in [-0.2, 0) is 6.42 Å². The number of hydrogen-bond donors (Lipinski definition) is 1. The van der Waals surface area contributed by atoms with Gasteiger partial charge in [-0.15, -0.1) is 0 Å². The van der Waals surface area contributed by atoms with Gasteiger partial charge in [-0.1, -0.05) is 34.1 Å². The molecule has 0 spiro atoms. The summed E-state index contributed by atoms with van der Waals surface area (Å²) in [4.78, 5) is 0. The van der Waals surface area contributed by atoms with Gasteiger partial charge >= 0.3 is 0 Å². The number of hydrogen-bond acceptors (Lipinski definition) is 2. The minimum absolute atomic E-state index is 0.0855. The molecule has 0 aliphatic rings. The van der Waals surface area contributed by atoms with Crippen molar-refractivity contribution in [3.8, 4) is 6.07 Å². The highest BCUT2D eigenvalue weighted by Crippen LogP contribution is 2.18. The van der Waals surface area contributed by atoms with E-state index in [1.54, 1.807) is 0 Å². The molecule has 1 atom stereocenters. The van der Waals surface area contributed by atoms with Crippen molar-refractivity contribution in [1.82, 2.24) is 0 Å². The molecule has 68 valence electrons. The van der Waals surface area contributed by atoms with E-state index in [2.05, 4.69) is 22.0 Å². The standard InChI is InChI=1S/C10H10BrNO/c11-10-4-2-1-3-9(10)5-8(6-12)7-13/h1-4,8,13H,5,7H2. The normalized spacial score (nSPS) is 12.1. The first kappa shape index (κ1) is 10.2. The average Bonchev–Trinajstić information content (AvgIpc) is 2.17. The fourth-order valence-electron chi connectivity index (χ4n) is 1.08. The third-order valence-electron chi connectivity index (χ3n) is 1.83. The molecule has 0 saturated heterocycles. The summed E-state index contributed by atoms with van der Waals surface area (Å²) in [7, 11) is 0. The lowest BCUT2D eigenvalue weighted by atomic mass is 10.0. The van der Waals surface area contributed by atoms with Crippen molar-refractivity contribution in [3.05, 3.63) is 34.3 Å². The van der Waals surface area contributed by atoms with Crippen LogP contribution >= 0.6 is 15.9 Å². The molecule has 1 aromatic rings. The molecule has 0 bridgehead atoms. The molecule has 0 amide bonds. The molecule has 0 heterocycles. The number of benzene rings is 1. The zero-order valence-corrected chi connectivity index (χ0v) is 8.66. The van der Waals surface area contributed by atoms with Crippen LogP contribution < -0.4 is 0 Å². The molecule has 2 nitrogen and oxygen atoms in total. The molecule has 0 aromatic heterocycles. The van der Waals surface area contributed by atoms with Gasteiger partial charge in [0.2, 0.25) is 0 Å². The zero-order valence-electron chi connectivity index (χ0n) is 7.07. The Bertz CT molecular complexity index is 319. The van der Waals surface area contributed by atoms with E-state index < -0.39 is 0 Å². The summed E-state index contributed by atoms with van der Waals surface area (Å²) in [5, 5.41) is 17.5. The molecule has 0 aliphatic carbocycles. The number of aliphatic hydroxyl groups is 1. The number of rotatable bonds is 3. The Morgan fingerprint density at radius 2 is 2.15 bits per heavy atom. The van der Waals surface area contributed by atoms with Crippen molar-refractivity contribution in [2.24, 2.45) is 5.92 Å². The minimum atomic E-state index is -0.307. The third kappa shape index (κ3) is 2.83. The topological polar surface area (TPSA) is 44.0 Å². The second-order valence-electron chi connectivity index (χ2n) is 2.80. The van der Waals surface area contributed by atoms with Gasteiger partial charge in [0.15, 0.2) is 0 Å². The molecule has 1 unspecified atom stereocenters. The van der Waals surface area contributed by atoms with Gasteiger partial charge < -0.3 is 5.11 Å². The fraction of sp³-hybridized carbons (Fsp3) is 0.300. The largest absolute Gasteiger partial charge is 0.395 e. The number of halogens is 1. The second-order valence-corrected chi connectivity index (χ2v) is 3.66. The van der Waals surface area contributed by atoms with Crippen LogP contribution in [0.1, 0.15) is 5.56 Å². The highest BCUT2D eigenvalue weighted by atomic mass is 79.9. The molecule has 13 heavy (non-hydrogen) atoms. The Hall–Kier alpha value is -0.850. The molecular formula is C10H10BrNO. The Balaban J connectivity index is 2.74. The summed E-state index contributed by atoms with van der Waals surface area (Å²) in [6, 6.07) is 9.78. The summed E-state index contributed by atoms with van der Waals surface area (Å²) in [6.07, 6.45) is 0.592. The first-order valence-corrected chi connectivity index (χ1v) is 4.81. The van der Waals surface area contributed by atoms with E-state index in [4.69, 9.17) is 10.4 Å². The smallest absolute Gasteiger partial charge is 0.0735 e. The first-order chi connectivity index (χ1) is 6.27. The van der Waals surface area contributed by atoms with Gasteiger partial charge in [-0.3, -0.25) is 0 Å². The second kappa shape index (κ2) is 5.00. The SMILES string of the molecule is N#CC(CO)Cc1ccccc1Br. The van der Waals surface area contributed by atoms with Gasteiger partial charge in [0.25, 0.3) is 0 Å². The van der Waals surface area contributed by atoms with Crippen LogP contribution in [0.3, 0.4) is 0 Å². The van der Waals surface area contributed by atoms with E-state index in [1.165, 1.54) is 0 Å². The molecule has 1 aromatic carbocycles. The van der Waals surface area contributed by atoms with E-state index in [1.807, 2.05) is 24.3 Å². The summed E-state index contributed by atoms with van der Waals surface area (Å²) < 4.78 is 0.990. The monoisotopic (exact) mass is 239 g/mol. The van der Waals surface area contributed by atoms with Crippen LogP contribution in [-0.4, -0.2) is 11.7 Å². The van der Waals surface area contributed by atoms with E-state index in [9.17, 15) is 0 Å². The summed E-state index contributed by atoms with van der Waals surface area (Å²) >= 11 is 3.39. The van der Waals surface area contributed by atoms with E-state index in [0.717, 1.165) is 10.0 Å². The van der Waals surface area contributed by atoms with Crippen LogP contribution in [0.15, 0.2) is 28.7 Å². The maximum Gasteiger partial charge on any atom is 0.0735 e. The Morgan fingerprint density at radius 3 is 2.69 bits per heavy atom. The van der Waals surface area contributed by atoms with Gasteiger partial charge in [-0.2, -0.15) is 5.26 Å². The highest BCUT2D eigenvalue weighted by molar-refractivity contribution is 9.10. The summed E-state index contributed by atoms with van der Waals surface area (Å²) in [6.45, 7) is -0.0855. The van der Waals surface area contributed by atoms with E-state index in [-0.39, 0.29) is 12.5 Å². The molecule has 3 heteroatoms. The lowest BCUT2D eigenvalue weighted by Crippen LogP contribution is -2.06. The quantitative estimate of drug-likeness (QED) is 0.879. The van der Waals surface area contributed by atoms with Crippen molar-refractivity contribution in [2.45, 2.75) is 6.42 Å². The lowest BCUT2D eigenvalue weighted by molar-refractivity contribution is 0.255. The van der Waals surface area contributed by atoms with Gasteiger partial charge in [0.1, 0.15) is 0 Å². The van der Waals surface area contributed by atoms with Crippen molar-refractivity contribution in [2.75, 3.05) is 6.61 Å². The molecule has 0 aliphatic heterocycles. The maximum atomic E-state index is 8.84. The van der Waals surface area contributed by atoms with Crippen LogP contribution in [0.25, 0.3) is 0 Å². The van der Waals surface area contributed by atoms with Gasteiger partial charge in [-0.25, -0.2) is 0 Å². The summed E-state index contributed by atoms with van der Waals surface area (Å²) in [5.74, 6) is -0.307.